The molecule has 0 spiro atoms. The molecule has 3 aliphatic carbocycles. The van der Waals surface area contributed by atoms with Crippen molar-refractivity contribution < 1.29 is 9.59 Å². The van der Waals surface area contributed by atoms with Crippen molar-refractivity contribution in [1.82, 2.24) is 10.2 Å². The molecule has 1 N–H and O–H groups in total. The predicted molar refractivity (Wildman–Crippen MR) is 129 cm³/mol. The zero-order valence-corrected chi connectivity index (χ0v) is 21.3. The molecule has 4 aliphatic rings. The first kappa shape index (κ1) is 22.4. The number of hydrogen-bond acceptors (Lipinski definition) is 3. The van der Waals surface area contributed by atoms with Crippen molar-refractivity contribution in [2.75, 3.05) is 7.05 Å². The highest BCUT2D eigenvalue weighted by Gasteiger charge is 2.62. The molecule has 3 saturated carbocycles. The van der Waals surface area contributed by atoms with E-state index in [9.17, 15) is 9.59 Å². The average molecular weight is 457 g/mol. The number of rotatable bonds is 3. The fourth-order valence-electron chi connectivity index (χ4n) is 8.67. The van der Waals surface area contributed by atoms with Gasteiger partial charge in [-0.15, -0.1) is 11.3 Å². The summed E-state index contributed by atoms with van der Waals surface area (Å²) in [4.78, 5) is 29.3. The van der Waals surface area contributed by atoms with Gasteiger partial charge in [-0.3, -0.25) is 9.59 Å². The van der Waals surface area contributed by atoms with E-state index in [4.69, 9.17) is 0 Å². The third-order valence-corrected chi connectivity index (χ3v) is 11.6. The van der Waals surface area contributed by atoms with Crippen LogP contribution in [0.4, 0.5) is 0 Å². The minimum Gasteiger partial charge on any atom is -0.346 e. The van der Waals surface area contributed by atoms with Crippen molar-refractivity contribution >= 4 is 23.2 Å². The topological polar surface area (TPSA) is 49.4 Å². The maximum atomic E-state index is 13.6. The Bertz CT molecular complexity index is 895. The number of thiophene rings is 1. The molecular weight excluding hydrogens is 416 g/mol. The van der Waals surface area contributed by atoms with E-state index in [-0.39, 0.29) is 28.2 Å². The summed E-state index contributed by atoms with van der Waals surface area (Å²) in [7, 11) is 2.03. The van der Waals surface area contributed by atoms with E-state index in [1.165, 1.54) is 24.1 Å². The summed E-state index contributed by atoms with van der Waals surface area (Å²) in [5, 5.41) is 5.51. The van der Waals surface area contributed by atoms with Gasteiger partial charge >= 0.3 is 0 Å². The van der Waals surface area contributed by atoms with Crippen molar-refractivity contribution in [2.24, 2.45) is 34.5 Å². The molecule has 32 heavy (non-hydrogen) atoms. The Balaban J connectivity index is 1.35. The lowest BCUT2D eigenvalue weighted by Crippen LogP contribution is -2.61. The number of fused-ring (bicyclic) bond motifs is 5. The molecule has 176 valence electrons. The molecule has 7 atom stereocenters. The van der Waals surface area contributed by atoms with E-state index >= 15 is 0 Å². The lowest BCUT2D eigenvalue weighted by molar-refractivity contribution is -0.160. The smallest absolute Gasteiger partial charge is 0.224 e. The molecule has 4 nitrogen and oxygen atoms in total. The van der Waals surface area contributed by atoms with Gasteiger partial charge in [0.2, 0.25) is 11.8 Å². The summed E-state index contributed by atoms with van der Waals surface area (Å²) in [6, 6.07) is 4.59. The van der Waals surface area contributed by atoms with Crippen LogP contribution in [-0.2, 0) is 15.1 Å². The highest BCUT2D eigenvalue weighted by molar-refractivity contribution is 7.10. The second kappa shape index (κ2) is 7.58. The van der Waals surface area contributed by atoms with Crippen LogP contribution in [0.5, 0.6) is 0 Å². The van der Waals surface area contributed by atoms with Crippen LogP contribution in [-0.4, -0.2) is 29.8 Å². The van der Waals surface area contributed by atoms with Crippen molar-refractivity contribution in [1.29, 1.82) is 0 Å². The van der Waals surface area contributed by atoms with Gasteiger partial charge in [-0.05, 0) is 98.8 Å². The Hall–Kier alpha value is -1.36. The number of nitrogens with one attached hydrogen (secondary N) is 1. The normalized spacial score (nSPS) is 41.6. The summed E-state index contributed by atoms with van der Waals surface area (Å²) in [5.74, 6) is 2.75. The molecule has 1 aromatic rings. The van der Waals surface area contributed by atoms with E-state index in [0.717, 1.165) is 25.7 Å². The predicted octanol–water partition coefficient (Wildman–Crippen LogP) is 5.58. The van der Waals surface area contributed by atoms with Crippen LogP contribution in [0.1, 0.15) is 83.9 Å². The first-order chi connectivity index (χ1) is 15.1. The standard InChI is InChI=1S/C27H40N2O2S/c1-25(2,22-7-6-16-32-22)28-24(31)20-10-9-18-17-8-11-21-27(4,15-13-23(30)29(21)5)19(17)12-14-26(18,20)3/h6-7,16-21H,8-15H2,1-5H3,(H,28,31)/t17-,18-,19+,20?,21?,26-,27+/m0/s1. The SMILES string of the molecule is CN1C(=O)CC[C@@]2(C)C1CC[C@@H]1[C@H]2CC[C@]2(C)C(C(=O)NC(C)(C)c3cccs3)CC[C@@H]12. The summed E-state index contributed by atoms with van der Waals surface area (Å²) < 4.78 is 0. The molecule has 2 unspecified atom stereocenters. The molecule has 0 bridgehead atoms. The van der Waals surface area contributed by atoms with Crippen LogP contribution in [0.2, 0.25) is 0 Å². The van der Waals surface area contributed by atoms with Crippen molar-refractivity contribution in [3.8, 4) is 0 Å². The molecule has 5 rings (SSSR count). The Morgan fingerprint density at radius 2 is 1.84 bits per heavy atom. The maximum Gasteiger partial charge on any atom is 0.224 e. The second-order valence-corrected chi connectivity index (χ2v) is 13.2. The monoisotopic (exact) mass is 456 g/mol. The van der Waals surface area contributed by atoms with Crippen LogP contribution >= 0.6 is 11.3 Å². The van der Waals surface area contributed by atoms with Gasteiger partial charge in [-0.2, -0.15) is 0 Å². The molecule has 5 heteroatoms. The number of nitrogens with zero attached hydrogens (tertiary/aromatic N) is 1. The molecule has 4 fully saturated rings. The number of hydrogen-bond donors (Lipinski definition) is 1. The van der Waals surface area contributed by atoms with Crippen molar-refractivity contribution in [2.45, 2.75) is 90.6 Å². The minimum absolute atomic E-state index is 0.108. The Morgan fingerprint density at radius 3 is 2.56 bits per heavy atom. The number of amides is 2. The fraction of sp³-hybridized carbons (Fsp3) is 0.778. The van der Waals surface area contributed by atoms with Crippen LogP contribution in [0, 0.1) is 34.5 Å². The van der Waals surface area contributed by atoms with Gasteiger partial charge in [0.15, 0.2) is 0 Å². The number of carbonyl (C=O) groups excluding carboxylic acids is 2. The molecular formula is C27H40N2O2S. The lowest BCUT2D eigenvalue weighted by atomic mass is 9.47. The van der Waals surface area contributed by atoms with E-state index in [0.29, 0.717) is 36.1 Å². The van der Waals surface area contributed by atoms with Crippen LogP contribution < -0.4 is 5.32 Å². The van der Waals surface area contributed by atoms with Crippen LogP contribution in [0.15, 0.2) is 17.5 Å². The highest BCUT2D eigenvalue weighted by atomic mass is 32.1. The Labute approximate surface area is 197 Å². The van der Waals surface area contributed by atoms with E-state index in [1.807, 2.05) is 7.05 Å². The zero-order valence-electron chi connectivity index (χ0n) is 20.4. The maximum absolute atomic E-state index is 13.6. The largest absolute Gasteiger partial charge is 0.346 e. The van der Waals surface area contributed by atoms with Gasteiger partial charge in [0, 0.05) is 30.3 Å². The number of carbonyl (C=O) groups is 2. The number of likely N-dealkylation sites (tertiary alicyclic amines) is 1. The minimum atomic E-state index is -0.318. The molecule has 1 aromatic heterocycles. The van der Waals surface area contributed by atoms with Gasteiger partial charge in [-0.25, -0.2) is 0 Å². The lowest BCUT2D eigenvalue weighted by Gasteiger charge is -2.61. The third kappa shape index (κ3) is 3.20. The summed E-state index contributed by atoms with van der Waals surface area (Å²) >= 11 is 1.72. The van der Waals surface area contributed by atoms with E-state index in [2.05, 4.69) is 55.4 Å². The molecule has 0 aromatic carbocycles. The van der Waals surface area contributed by atoms with Crippen molar-refractivity contribution in [3.63, 3.8) is 0 Å². The number of piperidine rings is 1. The Kier molecular flexibility index (Phi) is 5.31. The van der Waals surface area contributed by atoms with Gasteiger partial charge in [0.1, 0.15) is 0 Å². The first-order valence-corrected chi connectivity index (χ1v) is 13.6. The van der Waals surface area contributed by atoms with Gasteiger partial charge < -0.3 is 10.2 Å². The third-order valence-electron chi connectivity index (χ3n) is 10.4. The summed E-state index contributed by atoms with van der Waals surface area (Å²) in [5.41, 5.74) is 0.0342. The summed E-state index contributed by atoms with van der Waals surface area (Å²) in [6.07, 6.45) is 8.68. The molecule has 0 radical (unpaired) electrons. The van der Waals surface area contributed by atoms with Crippen LogP contribution in [0.25, 0.3) is 0 Å². The fourth-order valence-corrected chi connectivity index (χ4v) is 9.48. The first-order valence-electron chi connectivity index (χ1n) is 12.7. The van der Waals surface area contributed by atoms with Crippen molar-refractivity contribution in [3.05, 3.63) is 22.4 Å². The molecule has 1 saturated heterocycles. The second-order valence-electron chi connectivity index (χ2n) is 12.2. The Morgan fingerprint density at radius 1 is 1.09 bits per heavy atom. The zero-order chi connectivity index (χ0) is 22.9. The van der Waals surface area contributed by atoms with E-state index in [1.54, 1.807) is 11.3 Å². The molecule has 2 amide bonds. The van der Waals surface area contributed by atoms with Gasteiger partial charge in [0.05, 0.1) is 5.54 Å². The quantitative estimate of drug-likeness (QED) is 0.645. The van der Waals surface area contributed by atoms with Gasteiger partial charge in [0.25, 0.3) is 0 Å². The van der Waals surface area contributed by atoms with E-state index < -0.39 is 0 Å². The average Bonchev–Trinajstić information content (AvgIpc) is 3.39. The summed E-state index contributed by atoms with van der Waals surface area (Å²) in [6.45, 7) is 9.16. The molecule has 2 heterocycles. The van der Waals surface area contributed by atoms with Crippen LogP contribution in [0.3, 0.4) is 0 Å². The highest BCUT2D eigenvalue weighted by Crippen LogP contribution is 2.66. The molecule has 1 aliphatic heterocycles. The van der Waals surface area contributed by atoms with Gasteiger partial charge in [-0.1, -0.05) is 19.9 Å².